The van der Waals surface area contributed by atoms with Crippen LogP contribution in [-0.4, -0.2) is 22.0 Å². The highest BCUT2D eigenvalue weighted by atomic mass is 35.5. The van der Waals surface area contributed by atoms with E-state index in [2.05, 4.69) is 15.3 Å². The summed E-state index contributed by atoms with van der Waals surface area (Å²) in [7, 11) is 0. The number of nitrogens with one attached hydrogen (secondary N) is 1. The molecule has 2 aromatic heterocycles. The van der Waals surface area contributed by atoms with Crippen molar-refractivity contribution in [1.29, 1.82) is 0 Å². The summed E-state index contributed by atoms with van der Waals surface area (Å²) in [5.74, 6) is 0.308. The summed E-state index contributed by atoms with van der Waals surface area (Å²) in [6.07, 6.45) is 1.04. The van der Waals surface area contributed by atoms with Gasteiger partial charge in [-0.05, 0) is 43.3 Å². The molecule has 0 spiro atoms. The highest BCUT2D eigenvalue weighted by Gasteiger charge is 2.17. The Bertz CT molecular complexity index is 821. The zero-order chi connectivity index (χ0) is 16.9. The lowest BCUT2D eigenvalue weighted by molar-refractivity contribution is -0.122. The van der Waals surface area contributed by atoms with E-state index >= 15 is 0 Å². The van der Waals surface area contributed by atoms with E-state index in [0.29, 0.717) is 15.9 Å². The van der Waals surface area contributed by atoms with Crippen molar-refractivity contribution in [2.45, 2.75) is 13.0 Å². The summed E-state index contributed by atoms with van der Waals surface area (Å²) in [6.45, 7) is 1.68. The minimum Gasteiger partial charge on any atom is -0.481 e. The van der Waals surface area contributed by atoms with Gasteiger partial charge in [0.1, 0.15) is 11.4 Å². The van der Waals surface area contributed by atoms with Crippen molar-refractivity contribution < 1.29 is 9.53 Å². The summed E-state index contributed by atoms with van der Waals surface area (Å²) in [5, 5.41) is 5.72. The van der Waals surface area contributed by atoms with Crippen molar-refractivity contribution in [1.82, 2.24) is 9.97 Å². The second-order valence-electron chi connectivity index (χ2n) is 4.96. The highest BCUT2D eigenvalue weighted by Crippen LogP contribution is 2.23. The van der Waals surface area contributed by atoms with Crippen LogP contribution in [-0.2, 0) is 4.79 Å². The summed E-state index contributed by atoms with van der Waals surface area (Å²) in [4.78, 5) is 20.8. The number of aromatic nitrogens is 2. The van der Waals surface area contributed by atoms with Crippen molar-refractivity contribution in [3.8, 4) is 17.1 Å². The Morgan fingerprint density at radius 3 is 2.71 bits per heavy atom. The molecule has 7 heteroatoms. The Labute approximate surface area is 148 Å². The number of halogens is 1. The molecule has 1 N–H and O–H groups in total. The predicted octanol–water partition coefficient (Wildman–Crippen LogP) is 4.26. The van der Waals surface area contributed by atoms with Crippen LogP contribution < -0.4 is 10.1 Å². The van der Waals surface area contributed by atoms with Gasteiger partial charge in [0, 0.05) is 16.6 Å². The maximum absolute atomic E-state index is 12.2. The van der Waals surface area contributed by atoms with Crippen LogP contribution in [0.1, 0.15) is 6.92 Å². The SMILES string of the molecule is CC(Oc1ccc(Cl)cc1)C(=O)Nc1nc(-c2ccccn2)cs1. The number of nitrogens with zero attached hydrogens (tertiary/aromatic N) is 2. The van der Waals surface area contributed by atoms with E-state index in [1.54, 1.807) is 37.4 Å². The smallest absolute Gasteiger partial charge is 0.266 e. The van der Waals surface area contributed by atoms with Crippen LogP contribution >= 0.6 is 22.9 Å². The molecule has 1 amide bonds. The number of hydrogen-bond acceptors (Lipinski definition) is 5. The van der Waals surface area contributed by atoms with Gasteiger partial charge in [0.25, 0.3) is 5.91 Å². The number of pyridine rings is 1. The van der Waals surface area contributed by atoms with Gasteiger partial charge in [-0.1, -0.05) is 17.7 Å². The molecular formula is C17H14ClN3O2S. The van der Waals surface area contributed by atoms with Gasteiger partial charge in [0.2, 0.25) is 0 Å². The molecule has 1 aromatic carbocycles. The van der Waals surface area contributed by atoms with Crippen LogP contribution in [0.3, 0.4) is 0 Å². The number of thiazole rings is 1. The Morgan fingerprint density at radius 1 is 1.21 bits per heavy atom. The fourth-order valence-electron chi connectivity index (χ4n) is 1.94. The zero-order valence-corrected chi connectivity index (χ0v) is 14.3. The number of carbonyl (C=O) groups excluding carboxylic acids is 1. The largest absolute Gasteiger partial charge is 0.481 e. The van der Waals surface area contributed by atoms with Gasteiger partial charge in [0.05, 0.1) is 5.69 Å². The zero-order valence-electron chi connectivity index (χ0n) is 12.8. The van der Waals surface area contributed by atoms with Crippen LogP contribution in [0.5, 0.6) is 5.75 Å². The normalized spacial score (nSPS) is 11.8. The molecule has 24 heavy (non-hydrogen) atoms. The minimum absolute atomic E-state index is 0.271. The quantitative estimate of drug-likeness (QED) is 0.739. The Balaban J connectivity index is 1.62. The van der Waals surface area contributed by atoms with Crippen molar-refractivity contribution in [3.63, 3.8) is 0 Å². The van der Waals surface area contributed by atoms with Crippen LogP contribution in [0.2, 0.25) is 5.02 Å². The molecule has 122 valence electrons. The summed E-state index contributed by atoms with van der Waals surface area (Å²) in [5.41, 5.74) is 1.49. The first-order valence-electron chi connectivity index (χ1n) is 7.22. The standard InChI is InChI=1S/C17H14ClN3O2S/c1-11(23-13-7-5-12(18)6-8-13)16(22)21-17-20-15(10-24-17)14-4-2-3-9-19-14/h2-11H,1H3,(H,20,21,22). The van der Waals surface area contributed by atoms with Crippen molar-refractivity contribution in [3.05, 3.63) is 59.1 Å². The van der Waals surface area contributed by atoms with Crippen LogP contribution in [0.25, 0.3) is 11.4 Å². The molecule has 0 radical (unpaired) electrons. The average molecular weight is 360 g/mol. The van der Waals surface area contributed by atoms with Crippen LogP contribution in [0.15, 0.2) is 54.0 Å². The van der Waals surface area contributed by atoms with E-state index in [0.717, 1.165) is 11.4 Å². The molecule has 1 atom stereocenters. The molecule has 0 bridgehead atoms. The van der Waals surface area contributed by atoms with Gasteiger partial charge >= 0.3 is 0 Å². The number of carbonyl (C=O) groups is 1. The van der Waals surface area contributed by atoms with E-state index in [1.165, 1.54) is 11.3 Å². The number of amides is 1. The van der Waals surface area contributed by atoms with E-state index in [1.807, 2.05) is 23.6 Å². The van der Waals surface area contributed by atoms with Crippen molar-refractivity contribution in [2.75, 3.05) is 5.32 Å². The number of hydrogen-bond donors (Lipinski definition) is 1. The van der Waals surface area contributed by atoms with Crippen LogP contribution in [0, 0.1) is 0 Å². The van der Waals surface area contributed by atoms with Gasteiger partial charge in [-0.2, -0.15) is 0 Å². The second kappa shape index (κ2) is 7.42. The van der Waals surface area contributed by atoms with Gasteiger partial charge < -0.3 is 4.74 Å². The minimum atomic E-state index is -0.659. The van der Waals surface area contributed by atoms with Gasteiger partial charge in [-0.3, -0.25) is 15.1 Å². The molecule has 2 heterocycles. The average Bonchev–Trinajstić information content (AvgIpc) is 3.06. The number of anilines is 1. The third kappa shape index (κ3) is 4.10. The molecule has 0 aliphatic rings. The number of benzene rings is 1. The molecule has 3 rings (SSSR count). The summed E-state index contributed by atoms with van der Waals surface area (Å²) >= 11 is 7.17. The summed E-state index contributed by atoms with van der Waals surface area (Å²) in [6, 6.07) is 12.5. The third-order valence-electron chi connectivity index (χ3n) is 3.16. The van der Waals surface area contributed by atoms with E-state index in [9.17, 15) is 4.79 Å². The molecule has 0 aliphatic carbocycles. The molecular weight excluding hydrogens is 346 g/mol. The predicted molar refractivity (Wildman–Crippen MR) is 95.5 cm³/mol. The lowest BCUT2D eigenvalue weighted by Gasteiger charge is -2.13. The van der Waals surface area contributed by atoms with Gasteiger partial charge in [-0.15, -0.1) is 11.3 Å². The lowest BCUT2D eigenvalue weighted by Crippen LogP contribution is -2.30. The topological polar surface area (TPSA) is 64.1 Å². The molecule has 3 aromatic rings. The Hall–Kier alpha value is -2.44. The van der Waals surface area contributed by atoms with E-state index in [-0.39, 0.29) is 5.91 Å². The monoisotopic (exact) mass is 359 g/mol. The fraction of sp³-hybridized carbons (Fsp3) is 0.118. The van der Waals surface area contributed by atoms with E-state index < -0.39 is 6.10 Å². The van der Waals surface area contributed by atoms with Gasteiger partial charge in [-0.25, -0.2) is 4.98 Å². The summed E-state index contributed by atoms with van der Waals surface area (Å²) < 4.78 is 5.59. The fourth-order valence-corrected chi connectivity index (χ4v) is 2.77. The maximum atomic E-state index is 12.2. The molecule has 1 unspecified atom stereocenters. The second-order valence-corrected chi connectivity index (χ2v) is 6.25. The highest BCUT2D eigenvalue weighted by molar-refractivity contribution is 7.14. The molecule has 0 saturated carbocycles. The van der Waals surface area contributed by atoms with Gasteiger partial charge in [0.15, 0.2) is 11.2 Å². The Morgan fingerprint density at radius 2 is 2.00 bits per heavy atom. The molecule has 0 fully saturated rings. The maximum Gasteiger partial charge on any atom is 0.266 e. The molecule has 5 nitrogen and oxygen atoms in total. The van der Waals surface area contributed by atoms with E-state index in [4.69, 9.17) is 16.3 Å². The first-order chi connectivity index (χ1) is 11.6. The molecule has 0 aliphatic heterocycles. The number of rotatable bonds is 5. The van der Waals surface area contributed by atoms with Crippen molar-refractivity contribution >= 4 is 34.0 Å². The third-order valence-corrected chi connectivity index (χ3v) is 4.17. The lowest BCUT2D eigenvalue weighted by atomic mass is 10.3. The Kier molecular flexibility index (Phi) is 5.08. The molecule has 0 saturated heterocycles. The first-order valence-corrected chi connectivity index (χ1v) is 8.47. The van der Waals surface area contributed by atoms with Crippen LogP contribution in [0.4, 0.5) is 5.13 Å². The number of ether oxygens (including phenoxy) is 1. The van der Waals surface area contributed by atoms with Crippen molar-refractivity contribution in [2.24, 2.45) is 0 Å². The first kappa shape index (κ1) is 16.4.